The number of aromatic nitrogens is 3. The maximum Gasteiger partial charge on any atom is 0.154 e. The molecule has 0 saturated heterocycles. The van der Waals surface area contributed by atoms with E-state index in [0.29, 0.717) is 12.5 Å². The van der Waals surface area contributed by atoms with Crippen LogP contribution in [0.15, 0.2) is 24.3 Å². The molecule has 0 radical (unpaired) electrons. The molecule has 3 rings (SSSR count). The molecule has 0 spiro atoms. The molecule has 0 aliphatic heterocycles. The van der Waals surface area contributed by atoms with Gasteiger partial charge >= 0.3 is 0 Å². The topological polar surface area (TPSA) is 52.0 Å². The molecule has 1 aromatic heterocycles. The quantitative estimate of drug-likeness (QED) is 0.851. The zero-order chi connectivity index (χ0) is 16.4. The fourth-order valence-corrected chi connectivity index (χ4v) is 2.60. The molecule has 1 heterocycles. The van der Waals surface area contributed by atoms with Gasteiger partial charge in [-0.1, -0.05) is 12.1 Å². The Labute approximate surface area is 138 Å². The molecule has 0 amide bonds. The van der Waals surface area contributed by atoms with Crippen LogP contribution in [-0.4, -0.2) is 20.9 Å². The Morgan fingerprint density at radius 2 is 2.09 bits per heavy atom. The van der Waals surface area contributed by atoms with Gasteiger partial charge < -0.3 is 10.1 Å². The number of nitrogens with one attached hydrogen (secondary N) is 1. The minimum absolute atomic E-state index is 0.188. The fraction of sp³-hybridized carbons (Fsp3) is 0.556. The number of aryl methyl sites for hydroxylation is 1. The monoisotopic (exact) mass is 314 g/mol. The highest BCUT2D eigenvalue weighted by atomic mass is 16.5. The van der Waals surface area contributed by atoms with Gasteiger partial charge in [0.1, 0.15) is 11.6 Å². The van der Waals surface area contributed by atoms with Gasteiger partial charge in [0, 0.05) is 19.0 Å². The summed E-state index contributed by atoms with van der Waals surface area (Å²) in [5.41, 5.74) is 1.22. The van der Waals surface area contributed by atoms with E-state index in [2.05, 4.69) is 34.5 Å². The summed E-state index contributed by atoms with van der Waals surface area (Å²) in [7, 11) is 1.97. The third kappa shape index (κ3) is 4.10. The first kappa shape index (κ1) is 16.0. The Morgan fingerprint density at radius 3 is 2.78 bits per heavy atom. The van der Waals surface area contributed by atoms with Crippen molar-refractivity contribution in [3.63, 3.8) is 0 Å². The normalized spacial score (nSPS) is 15.9. The van der Waals surface area contributed by atoms with Crippen LogP contribution >= 0.6 is 0 Å². The van der Waals surface area contributed by atoms with Crippen molar-refractivity contribution in [3.8, 4) is 5.75 Å². The molecule has 5 nitrogen and oxygen atoms in total. The summed E-state index contributed by atoms with van der Waals surface area (Å²) in [6.07, 6.45) is 2.65. The van der Waals surface area contributed by atoms with Crippen molar-refractivity contribution in [3.05, 3.63) is 41.5 Å². The summed E-state index contributed by atoms with van der Waals surface area (Å²) in [6, 6.07) is 8.49. The lowest BCUT2D eigenvalue weighted by atomic mass is 10.1. The van der Waals surface area contributed by atoms with Crippen LogP contribution < -0.4 is 10.1 Å². The Hall–Kier alpha value is -1.88. The molecular weight excluding hydrogens is 288 g/mol. The number of nitrogens with zero attached hydrogens (tertiary/aromatic N) is 3. The van der Waals surface area contributed by atoms with Crippen LogP contribution in [-0.2, 0) is 13.6 Å². The fourth-order valence-electron chi connectivity index (χ4n) is 2.60. The van der Waals surface area contributed by atoms with Gasteiger partial charge in [-0.05, 0) is 51.3 Å². The first-order valence-electron chi connectivity index (χ1n) is 8.42. The van der Waals surface area contributed by atoms with Crippen LogP contribution in [0.5, 0.6) is 5.75 Å². The van der Waals surface area contributed by atoms with Gasteiger partial charge in [0.05, 0.1) is 12.6 Å². The molecule has 1 fully saturated rings. The number of benzene rings is 1. The summed E-state index contributed by atoms with van der Waals surface area (Å²) < 4.78 is 7.66. The van der Waals surface area contributed by atoms with E-state index in [4.69, 9.17) is 4.74 Å². The first-order chi connectivity index (χ1) is 11.0. The van der Waals surface area contributed by atoms with E-state index >= 15 is 0 Å². The summed E-state index contributed by atoms with van der Waals surface area (Å²) in [4.78, 5) is 4.66. The highest BCUT2D eigenvalue weighted by Gasteiger charge is 2.28. The van der Waals surface area contributed by atoms with Gasteiger partial charge in [0.25, 0.3) is 0 Å². The maximum atomic E-state index is 5.77. The molecule has 1 aliphatic rings. The van der Waals surface area contributed by atoms with Gasteiger partial charge in [-0.3, -0.25) is 4.68 Å². The Bertz CT molecular complexity index is 661. The van der Waals surface area contributed by atoms with E-state index in [0.717, 1.165) is 17.4 Å². The molecule has 1 unspecified atom stereocenters. The lowest BCUT2D eigenvalue weighted by molar-refractivity contribution is 0.242. The second-order valence-corrected chi connectivity index (χ2v) is 6.63. The average Bonchev–Trinajstić information content (AvgIpc) is 3.28. The van der Waals surface area contributed by atoms with E-state index in [9.17, 15) is 0 Å². The number of hydrogen-bond acceptors (Lipinski definition) is 4. The molecule has 1 aromatic carbocycles. The number of hydrogen-bond donors (Lipinski definition) is 1. The average molecular weight is 314 g/mol. The van der Waals surface area contributed by atoms with E-state index in [-0.39, 0.29) is 12.1 Å². The molecule has 0 bridgehead atoms. The van der Waals surface area contributed by atoms with Gasteiger partial charge in [0.15, 0.2) is 5.82 Å². The summed E-state index contributed by atoms with van der Waals surface area (Å²) in [5, 5.41) is 8.05. The Morgan fingerprint density at radius 1 is 1.30 bits per heavy atom. The van der Waals surface area contributed by atoms with Crippen molar-refractivity contribution in [2.75, 3.05) is 0 Å². The van der Waals surface area contributed by atoms with Crippen molar-refractivity contribution >= 4 is 0 Å². The molecule has 23 heavy (non-hydrogen) atoms. The molecule has 5 heteroatoms. The molecule has 1 atom stereocenters. The van der Waals surface area contributed by atoms with Crippen LogP contribution in [0, 0.1) is 0 Å². The van der Waals surface area contributed by atoms with Crippen LogP contribution in [0.3, 0.4) is 0 Å². The van der Waals surface area contributed by atoms with Crippen LogP contribution in [0.2, 0.25) is 0 Å². The highest BCUT2D eigenvalue weighted by Crippen LogP contribution is 2.38. The molecule has 1 N–H and O–H groups in total. The van der Waals surface area contributed by atoms with Crippen molar-refractivity contribution in [2.45, 2.75) is 58.2 Å². The number of rotatable bonds is 7. The van der Waals surface area contributed by atoms with E-state index in [1.807, 2.05) is 37.7 Å². The van der Waals surface area contributed by atoms with E-state index in [1.54, 1.807) is 0 Å². The maximum absolute atomic E-state index is 5.77. The minimum Gasteiger partial charge on any atom is -0.491 e. The van der Waals surface area contributed by atoms with Crippen LogP contribution in [0.1, 0.15) is 62.8 Å². The SMILES string of the molecule is CC(C)Oc1cccc(C(C)NCc2nc(C3CC3)nn2C)c1. The Kier molecular flexibility index (Phi) is 4.66. The lowest BCUT2D eigenvalue weighted by Gasteiger charge is -2.16. The summed E-state index contributed by atoms with van der Waals surface area (Å²) >= 11 is 0. The van der Waals surface area contributed by atoms with Crippen LogP contribution in [0.25, 0.3) is 0 Å². The molecule has 1 saturated carbocycles. The predicted molar refractivity (Wildman–Crippen MR) is 90.4 cm³/mol. The highest BCUT2D eigenvalue weighted by molar-refractivity contribution is 5.30. The van der Waals surface area contributed by atoms with Crippen molar-refractivity contribution in [2.24, 2.45) is 7.05 Å². The smallest absolute Gasteiger partial charge is 0.154 e. The van der Waals surface area contributed by atoms with Gasteiger partial charge in [-0.15, -0.1) is 0 Å². The first-order valence-corrected chi connectivity index (χ1v) is 8.42. The summed E-state index contributed by atoms with van der Waals surface area (Å²) in [6.45, 7) is 6.96. The summed E-state index contributed by atoms with van der Waals surface area (Å²) in [5.74, 6) is 3.51. The predicted octanol–water partition coefficient (Wildman–Crippen LogP) is 3.33. The van der Waals surface area contributed by atoms with Crippen LogP contribution in [0.4, 0.5) is 0 Å². The van der Waals surface area contributed by atoms with Crippen molar-refractivity contribution in [1.29, 1.82) is 0 Å². The van der Waals surface area contributed by atoms with Crippen molar-refractivity contribution < 1.29 is 4.74 Å². The minimum atomic E-state index is 0.188. The second-order valence-electron chi connectivity index (χ2n) is 6.63. The van der Waals surface area contributed by atoms with Gasteiger partial charge in [0.2, 0.25) is 0 Å². The Balaban J connectivity index is 1.61. The molecule has 2 aromatic rings. The van der Waals surface area contributed by atoms with E-state index in [1.165, 1.54) is 18.4 Å². The zero-order valence-electron chi connectivity index (χ0n) is 14.4. The molecule has 124 valence electrons. The van der Waals surface area contributed by atoms with Gasteiger partial charge in [-0.25, -0.2) is 4.98 Å². The largest absolute Gasteiger partial charge is 0.491 e. The van der Waals surface area contributed by atoms with Crippen molar-refractivity contribution in [1.82, 2.24) is 20.1 Å². The zero-order valence-corrected chi connectivity index (χ0v) is 14.4. The standard InChI is InChI=1S/C18H26N4O/c1-12(2)23-16-7-5-6-15(10-16)13(3)19-11-17-20-18(14-8-9-14)21-22(17)4/h5-7,10,12-14,19H,8-9,11H2,1-4H3. The molecular formula is C18H26N4O. The van der Waals surface area contributed by atoms with Gasteiger partial charge in [-0.2, -0.15) is 5.10 Å². The number of ether oxygens (including phenoxy) is 1. The van der Waals surface area contributed by atoms with E-state index < -0.39 is 0 Å². The molecule has 1 aliphatic carbocycles. The lowest BCUT2D eigenvalue weighted by Crippen LogP contribution is -2.20. The second kappa shape index (κ2) is 6.71. The third-order valence-corrected chi connectivity index (χ3v) is 4.11. The third-order valence-electron chi connectivity index (χ3n) is 4.11.